The number of phenolic OH excluding ortho intramolecular Hbond substituents is 1. The Bertz CT molecular complexity index is 611. The van der Waals surface area contributed by atoms with Gasteiger partial charge in [0.15, 0.2) is 0 Å². The Balaban J connectivity index is 1.52. The van der Waals surface area contributed by atoms with Gasteiger partial charge in [-0.25, -0.2) is 0 Å². The molecule has 0 spiro atoms. The average Bonchev–Trinajstić information content (AvgIpc) is 2.55. The first-order valence-electron chi connectivity index (χ1n) is 8.64. The number of nitrogens with one attached hydrogen (secondary N) is 1. The Labute approximate surface area is 141 Å². The number of hydrogen-bond donors (Lipinski definition) is 2. The van der Waals surface area contributed by atoms with E-state index in [1.807, 2.05) is 0 Å². The van der Waals surface area contributed by atoms with Crippen molar-refractivity contribution in [1.29, 1.82) is 0 Å². The molecule has 6 nitrogen and oxygen atoms in total. The Morgan fingerprint density at radius 1 is 1.29 bits per heavy atom. The number of rotatable bonds is 5. The third-order valence-electron chi connectivity index (χ3n) is 4.70. The molecule has 3 rings (SSSR count). The molecule has 0 saturated carbocycles. The molecule has 1 aromatic rings. The van der Waals surface area contributed by atoms with Gasteiger partial charge in [0.1, 0.15) is 11.5 Å². The van der Waals surface area contributed by atoms with Crippen LogP contribution < -0.4 is 10.1 Å². The minimum Gasteiger partial charge on any atom is -0.508 e. The predicted octanol–water partition coefficient (Wildman–Crippen LogP) is 1.78. The van der Waals surface area contributed by atoms with E-state index in [4.69, 9.17) is 4.74 Å². The van der Waals surface area contributed by atoms with Crippen molar-refractivity contribution < 1.29 is 19.4 Å². The second-order valence-corrected chi connectivity index (χ2v) is 6.55. The number of ether oxygens (including phenoxy) is 1. The zero-order chi connectivity index (χ0) is 16.9. The zero-order valence-electron chi connectivity index (χ0n) is 13.8. The zero-order valence-corrected chi connectivity index (χ0v) is 13.8. The van der Waals surface area contributed by atoms with Crippen LogP contribution in [0.15, 0.2) is 18.2 Å². The Hall–Kier alpha value is -2.08. The van der Waals surface area contributed by atoms with Crippen LogP contribution in [0.2, 0.25) is 0 Å². The topological polar surface area (TPSA) is 78.9 Å². The van der Waals surface area contributed by atoms with Crippen molar-refractivity contribution in [3.05, 3.63) is 23.8 Å². The number of benzene rings is 1. The van der Waals surface area contributed by atoms with Crippen LogP contribution in [-0.2, 0) is 9.59 Å². The largest absolute Gasteiger partial charge is 0.508 e. The van der Waals surface area contributed by atoms with E-state index in [2.05, 4.69) is 10.2 Å². The number of amides is 1. The molecule has 1 saturated heterocycles. The standard InChI is InChI=1S/C18H24N2O4/c21-14-4-5-15-13(11-18(23)24-16(15)12-14)10-17(22)19-6-9-20-7-2-1-3-8-20/h4-5,12-13,21H,1-3,6-11H2,(H,19,22). The monoisotopic (exact) mass is 332 g/mol. The highest BCUT2D eigenvalue weighted by atomic mass is 16.5. The Morgan fingerprint density at radius 2 is 2.08 bits per heavy atom. The molecule has 0 radical (unpaired) electrons. The van der Waals surface area contributed by atoms with E-state index in [1.54, 1.807) is 12.1 Å². The summed E-state index contributed by atoms with van der Waals surface area (Å²) < 4.78 is 5.15. The molecule has 0 aromatic heterocycles. The molecule has 24 heavy (non-hydrogen) atoms. The van der Waals surface area contributed by atoms with Gasteiger partial charge in [-0.15, -0.1) is 0 Å². The third-order valence-corrected chi connectivity index (χ3v) is 4.70. The van der Waals surface area contributed by atoms with Crippen LogP contribution >= 0.6 is 0 Å². The molecular formula is C18H24N2O4. The fourth-order valence-electron chi connectivity index (χ4n) is 3.44. The summed E-state index contributed by atoms with van der Waals surface area (Å²) in [4.78, 5) is 26.3. The lowest BCUT2D eigenvalue weighted by molar-refractivity contribution is -0.136. The van der Waals surface area contributed by atoms with Gasteiger partial charge < -0.3 is 20.1 Å². The molecule has 1 amide bonds. The molecule has 1 atom stereocenters. The normalized spacial score (nSPS) is 21.0. The maximum absolute atomic E-state index is 12.2. The van der Waals surface area contributed by atoms with Crippen molar-refractivity contribution in [2.24, 2.45) is 0 Å². The summed E-state index contributed by atoms with van der Waals surface area (Å²) in [6.45, 7) is 3.74. The predicted molar refractivity (Wildman–Crippen MR) is 89.0 cm³/mol. The molecule has 130 valence electrons. The second kappa shape index (κ2) is 7.66. The van der Waals surface area contributed by atoms with Gasteiger partial charge in [0.05, 0.1) is 6.42 Å². The van der Waals surface area contributed by atoms with Crippen molar-refractivity contribution in [2.45, 2.75) is 38.0 Å². The van der Waals surface area contributed by atoms with Gasteiger partial charge in [-0.05, 0) is 37.6 Å². The van der Waals surface area contributed by atoms with E-state index in [-0.39, 0.29) is 36.4 Å². The van der Waals surface area contributed by atoms with Crippen LogP contribution in [0.1, 0.15) is 43.6 Å². The number of likely N-dealkylation sites (tertiary alicyclic amines) is 1. The summed E-state index contributed by atoms with van der Waals surface area (Å²) in [6, 6.07) is 4.70. The maximum Gasteiger partial charge on any atom is 0.311 e. The molecule has 2 heterocycles. The van der Waals surface area contributed by atoms with Gasteiger partial charge in [-0.2, -0.15) is 0 Å². The summed E-state index contributed by atoms with van der Waals surface area (Å²) in [5, 5.41) is 12.5. The van der Waals surface area contributed by atoms with Gasteiger partial charge in [-0.3, -0.25) is 9.59 Å². The molecule has 1 aromatic carbocycles. The number of phenols is 1. The maximum atomic E-state index is 12.2. The Morgan fingerprint density at radius 3 is 2.88 bits per heavy atom. The number of aromatic hydroxyl groups is 1. The lowest BCUT2D eigenvalue weighted by atomic mass is 9.89. The highest BCUT2D eigenvalue weighted by Gasteiger charge is 2.29. The molecular weight excluding hydrogens is 308 g/mol. The molecule has 2 N–H and O–H groups in total. The van der Waals surface area contributed by atoms with Crippen molar-refractivity contribution >= 4 is 11.9 Å². The summed E-state index contributed by atoms with van der Waals surface area (Å²) in [5.41, 5.74) is 0.804. The summed E-state index contributed by atoms with van der Waals surface area (Å²) in [7, 11) is 0. The first kappa shape index (κ1) is 16.8. The fraction of sp³-hybridized carbons (Fsp3) is 0.556. The highest BCUT2D eigenvalue weighted by Crippen LogP contribution is 2.38. The van der Waals surface area contributed by atoms with Crippen LogP contribution in [0.4, 0.5) is 0 Å². The van der Waals surface area contributed by atoms with Crippen LogP contribution in [0.25, 0.3) is 0 Å². The van der Waals surface area contributed by atoms with Crippen molar-refractivity contribution in [3.63, 3.8) is 0 Å². The van der Waals surface area contributed by atoms with Crippen LogP contribution in [0.5, 0.6) is 11.5 Å². The third kappa shape index (κ3) is 4.26. The summed E-state index contributed by atoms with van der Waals surface area (Å²) in [5.74, 6) is -0.202. The molecule has 2 aliphatic heterocycles. The minimum atomic E-state index is -0.362. The van der Waals surface area contributed by atoms with E-state index in [1.165, 1.54) is 25.3 Å². The summed E-state index contributed by atoms with van der Waals surface area (Å²) in [6.07, 6.45) is 4.23. The Kier molecular flexibility index (Phi) is 5.35. The van der Waals surface area contributed by atoms with E-state index < -0.39 is 0 Å². The van der Waals surface area contributed by atoms with Gasteiger partial charge in [0.2, 0.25) is 5.91 Å². The minimum absolute atomic E-state index is 0.0492. The number of carbonyl (C=O) groups is 2. The smallest absolute Gasteiger partial charge is 0.311 e. The van der Waals surface area contributed by atoms with Gasteiger partial charge in [0.25, 0.3) is 0 Å². The van der Waals surface area contributed by atoms with E-state index in [0.29, 0.717) is 12.3 Å². The quantitative estimate of drug-likeness (QED) is 0.635. The van der Waals surface area contributed by atoms with Crippen molar-refractivity contribution in [3.8, 4) is 11.5 Å². The second-order valence-electron chi connectivity index (χ2n) is 6.55. The number of hydrogen-bond acceptors (Lipinski definition) is 5. The number of carbonyl (C=O) groups excluding carboxylic acids is 2. The molecule has 1 fully saturated rings. The van der Waals surface area contributed by atoms with E-state index in [9.17, 15) is 14.7 Å². The van der Waals surface area contributed by atoms with Gasteiger partial charge in [-0.1, -0.05) is 12.5 Å². The molecule has 0 aliphatic carbocycles. The number of piperidine rings is 1. The molecule has 1 unspecified atom stereocenters. The van der Waals surface area contributed by atoms with Crippen molar-refractivity contribution in [1.82, 2.24) is 10.2 Å². The molecule has 6 heteroatoms. The fourth-order valence-corrected chi connectivity index (χ4v) is 3.44. The van der Waals surface area contributed by atoms with Crippen LogP contribution in [-0.4, -0.2) is 48.1 Å². The first-order valence-corrected chi connectivity index (χ1v) is 8.64. The molecule has 2 aliphatic rings. The van der Waals surface area contributed by atoms with Crippen molar-refractivity contribution in [2.75, 3.05) is 26.2 Å². The average molecular weight is 332 g/mol. The summed E-state index contributed by atoms with van der Waals surface area (Å²) >= 11 is 0. The number of fused-ring (bicyclic) bond motifs is 1. The molecule has 0 bridgehead atoms. The lowest BCUT2D eigenvalue weighted by Gasteiger charge is -2.27. The number of esters is 1. The van der Waals surface area contributed by atoms with Crippen LogP contribution in [0, 0.1) is 0 Å². The number of nitrogens with zero attached hydrogens (tertiary/aromatic N) is 1. The van der Waals surface area contributed by atoms with E-state index in [0.717, 1.165) is 25.2 Å². The van der Waals surface area contributed by atoms with Crippen LogP contribution in [0.3, 0.4) is 0 Å². The van der Waals surface area contributed by atoms with E-state index >= 15 is 0 Å². The SMILES string of the molecule is O=C(CC1CC(=O)Oc2cc(O)ccc21)NCCN1CCCCC1. The van der Waals surface area contributed by atoms with Gasteiger partial charge in [0, 0.05) is 31.5 Å². The van der Waals surface area contributed by atoms with Gasteiger partial charge >= 0.3 is 5.97 Å². The first-order chi connectivity index (χ1) is 11.6. The lowest BCUT2D eigenvalue weighted by Crippen LogP contribution is -2.38. The highest BCUT2D eigenvalue weighted by molar-refractivity contribution is 5.81.